The molecule has 6 nitrogen and oxygen atoms in total. The first-order chi connectivity index (χ1) is 12.1. The molecule has 126 valence electrons. The van der Waals surface area contributed by atoms with Gasteiger partial charge in [0, 0.05) is 29.1 Å². The van der Waals surface area contributed by atoms with Crippen molar-refractivity contribution in [1.29, 1.82) is 0 Å². The van der Waals surface area contributed by atoms with E-state index in [2.05, 4.69) is 15.3 Å². The highest BCUT2D eigenvalue weighted by Gasteiger charge is 2.22. The minimum Gasteiger partial charge on any atom is -0.366 e. The van der Waals surface area contributed by atoms with Crippen LogP contribution in [-0.4, -0.2) is 20.9 Å². The number of aromatic nitrogens is 2. The van der Waals surface area contributed by atoms with Crippen LogP contribution >= 0.6 is 11.3 Å². The molecule has 7 heteroatoms. The highest BCUT2D eigenvalue weighted by molar-refractivity contribution is 7.18. The monoisotopic (exact) mass is 352 g/mol. The molecule has 0 bridgehead atoms. The number of fused-ring (bicyclic) bond motifs is 1. The molecule has 2 aromatic heterocycles. The molecule has 0 spiro atoms. The van der Waals surface area contributed by atoms with Gasteiger partial charge in [0.15, 0.2) is 0 Å². The zero-order valence-electron chi connectivity index (χ0n) is 13.6. The zero-order chi connectivity index (χ0) is 17.4. The summed E-state index contributed by atoms with van der Waals surface area (Å²) in [5, 5.41) is 16.4. The van der Waals surface area contributed by atoms with Crippen LogP contribution in [0.5, 0.6) is 0 Å². The van der Waals surface area contributed by atoms with E-state index < -0.39 is 0 Å². The molecule has 0 unspecified atom stereocenters. The SMILES string of the molecule is Cc1ccc([N+](=O)[O-])cc1/C=C/c1csc2c(NC3CC3)ncnc12. The van der Waals surface area contributed by atoms with Gasteiger partial charge in [-0.05, 0) is 30.9 Å². The van der Waals surface area contributed by atoms with Crippen LogP contribution in [0.2, 0.25) is 0 Å². The van der Waals surface area contributed by atoms with Crippen molar-refractivity contribution in [3.63, 3.8) is 0 Å². The minimum atomic E-state index is -0.375. The number of thiophene rings is 1. The standard InChI is InChI=1S/C18H16N4O2S/c1-11-2-7-15(22(23)24)8-12(11)3-4-13-9-25-17-16(13)19-10-20-18(17)21-14-5-6-14/h2-4,7-10,14H,5-6H2,1H3,(H,19,20,21)/b4-3+. The Bertz CT molecular complexity index is 992. The highest BCUT2D eigenvalue weighted by atomic mass is 32.1. The van der Waals surface area contributed by atoms with E-state index in [9.17, 15) is 10.1 Å². The molecule has 0 atom stereocenters. The second-order valence-corrected chi connectivity index (χ2v) is 7.02. The molecule has 0 radical (unpaired) electrons. The fraction of sp³-hybridized carbons (Fsp3) is 0.222. The summed E-state index contributed by atoms with van der Waals surface area (Å²) in [5.74, 6) is 0.892. The van der Waals surface area contributed by atoms with E-state index in [1.54, 1.807) is 29.8 Å². The molecular weight excluding hydrogens is 336 g/mol. The number of non-ortho nitro benzene ring substituents is 1. The van der Waals surface area contributed by atoms with Crippen molar-refractivity contribution in [3.05, 3.63) is 56.7 Å². The van der Waals surface area contributed by atoms with Crippen LogP contribution in [0, 0.1) is 17.0 Å². The van der Waals surface area contributed by atoms with Crippen molar-refractivity contribution in [2.45, 2.75) is 25.8 Å². The van der Waals surface area contributed by atoms with Gasteiger partial charge in [-0.2, -0.15) is 0 Å². The zero-order valence-corrected chi connectivity index (χ0v) is 14.4. The van der Waals surface area contributed by atoms with Gasteiger partial charge in [0.1, 0.15) is 12.1 Å². The lowest BCUT2D eigenvalue weighted by molar-refractivity contribution is -0.384. The molecule has 1 N–H and O–H groups in total. The maximum absolute atomic E-state index is 11.0. The molecule has 4 rings (SSSR count). The Balaban J connectivity index is 1.68. The molecule has 0 amide bonds. The molecule has 1 fully saturated rings. The molecule has 1 aliphatic rings. The van der Waals surface area contributed by atoms with Crippen molar-refractivity contribution in [1.82, 2.24) is 9.97 Å². The average Bonchev–Trinajstić information content (AvgIpc) is 3.31. The van der Waals surface area contributed by atoms with Crippen LogP contribution < -0.4 is 5.32 Å². The first-order valence-corrected chi connectivity index (χ1v) is 8.91. The summed E-state index contributed by atoms with van der Waals surface area (Å²) in [5.41, 5.74) is 3.82. The second kappa shape index (κ2) is 6.25. The number of hydrogen-bond acceptors (Lipinski definition) is 6. The summed E-state index contributed by atoms with van der Waals surface area (Å²) in [6.07, 6.45) is 7.82. The molecule has 2 heterocycles. The Morgan fingerprint density at radius 2 is 2.08 bits per heavy atom. The van der Waals surface area contributed by atoms with Crippen LogP contribution in [0.1, 0.15) is 29.5 Å². The molecular formula is C18H16N4O2S. The number of nitro groups is 1. The van der Waals surface area contributed by atoms with E-state index in [0.29, 0.717) is 6.04 Å². The molecule has 25 heavy (non-hydrogen) atoms. The van der Waals surface area contributed by atoms with Crippen molar-refractivity contribution >= 4 is 45.2 Å². The van der Waals surface area contributed by atoms with Gasteiger partial charge in [0.2, 0.25) is 0 Å². The summed E-state index contributed by atoms with van der Waals surface area (Å²) in [6.45, 7) is 1.94. The second-order valence-electron chi connectivity index (χ2n) is 6.14. The van der Waals surface area contributed by atoms with Gasteiger partial charge < -0.3 is 5.32 Å². The molecule has 1 saturated carbocycles. The summed E-state index contributed by atoms with van der Waals surface area (Å²) >= 11 is 1.61. The van der Waals surface area contributed by atoms with Gasteiger partial charge in [0.05, 0.1) is 15.1 Å². The summed E-state index contributed by atoms with van der Waals surface area (Å²) in [6, 6.07) is 5.42. The van der Waals surface area contributed by atoms with Crippen molar-refractivity contribution in [2.75, 3.05) is 5.32 Å². The molecule has 1 aromatic carbocycles. The third-order valence-electron chi connectivity index (χ3n) is 4.22. The lowest BCUT2D eigenvalue weighted by Crippen LogP contribution is -2.03. The third kappa shape index (κ3) is 3.23. The fourth-order valence-corrected chi connectivity index (χ4v) is 3.55. The number of rotatable bonds is 5. The number of anilines is 1. The summed E-state index contributed by atoms with van der Waals surface area (Å²) in [7, 11) is 0. The maximum Gasteiger partial charge on any atom is 0.270 e. The Labute approximate surface area is 148 Å². The Morgan fingerprint density at radius 3 is 2.84 bits per heavy atom. The maximum atomic E-state index is 11.0. The van der Waals surface area contributed by atoms with Crippen LogP contribution in [-0.2, 0) is 0 Å². The lowest BCUT2D eigenvalue weighted by Gasteiger charge is -2.03. The highest BCUT2D eigenvalue weighted by Crippen LogP contribution is 2.33. The van der Waals surface area contributed by atoms with Crippen LogP contribution in [0.15, 0.2) is 29.9 Å². The van der Waals surface area contributed by atoms with E-state index >= 15 is 0 Å². The molecule has 1 aliphatic carbocycles. The fourth-order valence-electron chi connectivity index (χ4n) is 2.61. The number of benzene rings is 1. The van der Waals surface area contributed by atoms with E-state index in [-0.39, 0.29) is 10.6 Å². The predicted molar refractivity (Wildman–Crippen MR) is 101 cm³/mol. The lowest BCUT2D eigenvalue weighted by atomic mass is 10.1. The van der Waals surface area contributed by atoms with Gasteiger partial charge in [-0.3, -0.25) is 10.1 Å². The van der Waals surface area contributed by atoms with Gasteiger partial charge in [-0.1, -0.05) is 18.2 Å². The first-order valence-electron chi connectivity index (χ1n) is 8.03. The third-order valence-corrected chi connectivity index (χ3v) is 5.21. The first kappa shape index (κ1) is 15.7. The predicted octanol–water partition coefficient (Wildman–Crippen LogP) is 4.65. The van der Waals surface area contributed by atoms with Crippen molar-refractivity contribution in [2.24, 2.45) is 0 Å². The van der Waals surface area contributed by atoms with Gasteiger partial charge in [-0.15, -0.1) is 11.3 Å². The van der Waals surface area contributed by atoms with Crippen LogP contribution in [0.4, 0.5) is 11.5 Å². The quantitative estimate of drug-likeness (QED) is 0.534. The van der Waals surface area contributed by atoms with Gasteiger partial charge >= 0.3 is 0 Å². The smallest absolute Gasteiger partial charge is 0.270 e. The Kier molecular flexibility index (Phi) is 3.93. The van der Waals surface area contributed by atoms with E-state index in [4.69, 9.17) is 0 Å². The summed E-state index contributed by atoms with van der Waals surface area (Å²) in [4.78, 5) is 19.3. The van der Waals surface area contributed by atoms with Gasteiger partial charge in [0.25, 0.3) is 5.69 Å². The van der Waals surface area contributed by atoms with Gasteiger partial charge in [-0.25, -0.2) is 9.97 Å². The Morgan fingerprint density at radius 1 is 1.28 bits per heavy atom. The number of nitrogens with zero attached hydrogens (tertiary/aromatic N) is 3. The number of aryl methyl sites for hydroxylation is 1. The van der Waals surface area contributed by atoms with Crippen LogP contribution in [0.3, 0.4) is 0 Å². The Hall–Kier alpha value is -2.80. The molecule has 0 saturated heterocycles. The van der Waals surface area contributed by atoms with Crippen molar-refractivity contribution < 1.29 is 4.92 Å². The number of hydrogen-bond donors (Lipinski definition) is 1. The van der Waals surface area contributed by atoms with Crippen molar-refractivity contribution in [3.8, 4) is 0 Å². The van der Waals surface area contributed by atoms with E-state index in [1.807, 2.05) is 24.5 Å². The largest absolute Gasteiger partial charge is 0.366 e. The molecule has 0 aliphatic heterocycles. The molecule has 3 aromatic rings. The number of nitrogens with one attached hydrogen (secondary N) is 1. The van der Waals surface area contributed by atoms with E-state index in [0.717, 1.165) is 32.7 Å². The normalized spacial score (nSPS) is 14.3. The average molecular weight is 352 g/mol. The van der Waals surface area contributed by atoms with Crippen LogP contribution in [0.25, 0.3) is 22.4 Å². The topological polar surface area (TPSA) is 81.0 Å². The summed E-state index contributed by atoms with van der Waals surface area (Å²) < 4.78 is 1.05. The minimum absolute atomic E-state index is 0.0960. The van der Waals surface area contributed by atoms with E-state index in [1.165, 1.54) is 18.9 Å². The number of nitro benzene ring substituents is 1.